The molecule has 2 unspecified atom stereocenters. The fourth-order valence-corrected chi connectivity index (χ4v) is 4.36. The van der Waals surface area contributed by atoms with Crippen molar-refractivity contribution in [3.8, 4) is 11.1 Å². The number of carboxylic acids is 1. The topological polar surface area (TPSA) is 84.9 Å². The van der Waals surface area contributed by atoms with Crippen LogP contribution in [0.15, 0.2) is 48.5 Å². The van der Waals surface area contributed by atoms with Crippen LogP contribution >= 0.6 is 0 Å². The summed E-state index contributed by atoms with van der Waals surface area (Å²) in [6.07, 6.45) is -0.459. The lowest BCUT2D eigenvalue weighted by Gasteiger charge is -2.27. The molecule has 28 heavy (non-hydrogen) atoms. The van der Waals surface area contributed by atoms with Crippen LogP contribution < -0.4 is 5.32 Å². The lowest BCUT2D eigenvalue weighted by Crippen LogP contribution is -2.51. The number of hydrogen-bond acceptors (Lipinski definition) is 4. The van der Waals surface area contributed by atoms with E-state index in [0.717, 1.165) is 22.3 Å². The Morgan fingerprint density at radius 2 is 1.75 bits per heavy atom. The number of carboxylic acid groups (broad SMARTS) is 1. The van der Waals surface area contributed by atoms with Gasteiger partial charge in [0.2, 0.25) is 0 Å². The second-order valence-electron chi connectivity index (χ2n) is 7.63. The first-order chi connectivity index (χ1) is 13.5. The first-order valence-corrected chi connectivity index (χ1v) is 9.44. The Morgan fingerprint density at radius 1 is 1.14 bits per heavy atom. The number of hydrogen-bond donors (Lipinski definition) is 2. The Morgan fingerprint density at radius 3 is 2.29 bits per heavy atom. The minimum Gasteiger partial charge on any atom is -0.481 e. The van der Waals surface area contributed by atoms with Crippen LogP contribution in [0.5, 0.6) is 0 Å². The maximum atomic E-state index is 12.5. The quantitative estimate of drug-likeness (QED) is 0.827. The molecule has 1 heterocycles. The van der Waals surface area contributed by atoms with Gasteiger partial charge in [0.15, 0.2) is 0 Å². The lowest BCUT2D eigenvalue weighted by molar-refractivity contribution is -0.138. The molecule has 1 aliphatic carbocycles. The lowest BCUT2D eigenvalue weighted by atomic mass is 9.92. The molecule has 0 saturated carbocycles. The van der Waals surface area contributed by atoms with Crippen molar-refractivity contribution < 1.29 is 24.2 Å². The summed E-state index contributed by atoms with van der Waals surface area (Å²) >= 11 is 0. The van der Waals surface area contributed by atoms with Crippen molar-refractivity contribution in [2.45, 2.75) is 37.3 Å². The molecule has 2 atom stereocenters. The van der Waals surface area contributed by atoms with Gasteiger partial charge in [0.05, 0.1) is 24.7 Å². The minimum absolute atomic E-state index is 0.0349. The van der Waals surface area contributed by atoms with Crippen molar-refractivity contribution >= 4 is 12.1 Å². The van der Waals surface area contributed by atoms with E-state index < -0.39 is 17.6 Å². The Hall–Kier alpha value is -2.86. The summed E-state index contributed by atoms with van der Waals surface area (Å²) in [5, 5.41) is 12.0. The van der Waals surface area contributed by atoms with Crippen molar-refractivity contribution in [1.29, 1.82) is 0 Å². The minimum atomic E-state index is -0.975. The number of rotatable bonds is 5. The molecule has 0 bridgehead atoms. The number of nitrogens with one attached hydrogen (secondary N) is 1. The largest absolute Gasteiger partial charge is 0.481 e. The van der Waals surface area contributed by atoms with Crippen LogP contribution in [0.1, 0.15) is 36.8 Å². The molecule has 2 aromatic rings. The Balaban J connectivity index is 1.47. The maximum absolute atomic E-state index is 12.5. The van der Waals surface area contributed by atoms with E-state index >= 15 is 0 Å². The molecular weight excluding hydrogens is 358 g/mol. The van der Waals surface area contributed by atoms with Gasteiger partial charge in [-0.2, -0.15) is 0 Å². The van der Waals surface area contributed by atoms with Crippen LogP contribution in [-0.4, -0.2) is 42.0 Å². The predicted molar refractivity (Wildman–Crippen MR) is 103 cm³/mol. The smallest absolute Gasteiger partial charge is 0.407 e. The second-order valence-corrected chi connectivity index (χ2v) is 7.63. The molecule has 6 heteroatoms. The first-order valence-electron chi connectivity index (χ1n) is 9.44. The van der Waals surface area contributed by atoms with Gasteiger partial charge in [-0.1, -0.05) is 48.5 Å². The van der Waals surface area contributed by atoms with Crippen LogP contribution in [-0.2, 0) is 14.3 Å². The second kappa shape index (κ2) is 7.28. The number of aliphatic carboxylic acids is 1. The van der Waals surface area contributed by atoms with Gasteiger partial charge in [0.1, 0.15) is 6.61 Å². The van der Waals surface area contributed by atoms with E-state index in [-0.39, 0.29) is 31.7 Å². The van der Waals surface area contributed by atoms with Gasteiger partial charge in [-0.3, -0.25) is 4.79 Å². The summed E-state index contributed by atoms with van der Waals surface area (Å²) in [7, 11) is 0. The van der Waals surface area contributed by atoms with E-state index in [9.17, 15) is 14.7 Å². The van der Waals surface area contributed by atoms with Crippen LogP contribution in [0.4, 0.5) is 4.79 Å². The van der Waals surface area contributed by atoms with Gasteiger partial charge >= 0.3 is 12.1 Å². The number of fused-ring (bicyclic) bond motifs is 3. The van der Waals surface area contributed by atoms with Crippen molar-refractivity contribution in [1.82, 2.24) is 5.32 Å². The fourth-order valence-electron chi connectivity index (χ4n) is 4.36. The zero-order valence-corrected chi connectivity index (χ0v) is 15.7. The summed E-state index contributed by atoms with van der Waals surface area (Å²) in [5.74, 6) is -1.01. The van der Waals surface area contributed by atoms with Crippen LogP contribution in [0.2, 0.25) is 0 Å². The highest BCUT2D eigenvalue weighted by atomic mass is 16.6. The Bertz CT molecular complexity index is 866. The SMILES string of the molecule is CC1CC(CC(=O)O)(NC(=O)OCC2c3ccccc3-c3ccccc32)CO1. The van der Waals surface area contributed by atoms with Crippen molar-refractivity contribution in [2.24, 2.45) is 0 Å². The fraction of sp³-hybridized carbons (Fsp3) is 0.364. The third kappa shape index (κ3) is 3.47. The maximum Gasteiger partial charge on any atom is 0.407 e. The van der Waals surface area contributed by atoms with E-state index in [1.165, 1.54) is 0 Å². The number of ether oxygens (including phenoxy) is 2. The monoisotopic (exact) mass is 381 g/mol. The highest BCUT2D eigenvalue weighted by molar-refractivity contribution is 5.79. The number of carbonyl (C=O) groups is 2. The molecule has 2 aliphatic rings. The van der Waals surface area contributed by atoms with E-state index in [2.05, 4.69) is 29.6 Å². The molecule has 2 N–H and O–H groups in total. The standard InChI is InChI=1S/C22H23NO5/c1-14-10-22(13-28-14,11-20(24)25)23-21(26)27-12-19-17-8-4-2-6-15(17)16-7-3-5-9-18(16)19/h2-9,14,19H,10-13H2,1H3,(H,23,26)(H,24,25). The molecule has 0 aromatic heterocycles. The number of carbonyl (C=O) groups excluding carboxylic acids is 1. The number of benzene rings is 2. The molecule has 1 amide bonds. The molecule has 4 rings (SSSR count). The predicted octanol–water partition coefficient (Wildman–Crippen LogP) is 3.55. The van der Waals surface area contributed by atoms with Gasteiger partial charge in [0.25, 0.3) is 0 Å². The first kappa shape index (κ1) is 18.5. The third-order valence-corrected chi connectivity index (χ3v) is 5.52. The summed E-state index contributed by atoms with van der Waals surface area (Å²) < 4.78 is 11.1. The summed E-state index contributed by atoms with van der Waals surface area (Å²) in [6.45, 7) is 2.23. The zero-order valence-electron chi connectivity index (χ0n) is 15.7. The van der Waals surface area contributed by atoms with E-state index in [4.69, 9.17) is 9.47 Å². The van der Waals surface area contributed by atoms with Gasteiger partial charge in [0, 0.05) is 5.92 Å². The Labute approximate surface area is 163 Å². The molecule has 1 fully saturated rings. The van der Waals surface area contributed by atoms with Crippen LogP contribution in [0.3, 0.4) is 0 Å². The van der Waals surface area contributed by atoms with Gasteiger partial charge in [-0.15, -0.1) is 0 Å². The zero-order chi connectivity index (χ0) is 19.7. The van der Waals surface area contributed by atoms with Crippen molar-refractivity contribution in [3.63, 3.8) is 0 Å². The highest BCUT2D eigenvalue weighted by Crippen LogP contribution is 2.44. The van der Waals surface area contributed by atoms with E-state index in [1.807, 2.05) is 31.2 Å². The van der Waals surface area contributed by atoms with Gasteiger partial charge in [-0.05, 0) is 35.6 Å². The van der Waals surface area contributed by atoms with Gasteiger partial charge < -0.3 is 19.9 Å². The van der Waals surface area contributed by atoms with E-state index in [0.29, 0.717) is 6.42 Å². The molecule has 0 spiro atoms. The molecule has 2 aromatic carbocycles. The van der Waals surface area contributed by atoms with E-state index in [1.54, 1.807) is 0 Å². The molecule has 6 nitrogen and oxygen atoms in total. The normalized spacial score (nSPS) is 23.1. The average Bonchev–Trinajstić information content (AvgIpc) is 3.17. The molecule has 1 aliphatic heterocycles. The molecule has 1 saturated heterocycles. The van der Waals surface area contributed by atoms with Crippen molar-refractivity contribution in [2.75, 3.05) is 13.2 Å². The summed E-state index contributed by atoms with van der Waals surface area (Å²) in [4.78, 5) is 23.7. The third-order valence-electron chi connectivity index (χ3n) is 5.52. The molecular formula is C22H23NO5. The summed E-state index contributed by atoms with van der Waals surface area (Å²) in [5.41, 5.74) is 3.66. The number of alkyl carbamates (subject to hydrolysis) is 1. The number of amides is 1. The van der Waals surface area contributed by atoms with Crippen molar-refractivity contribution in [3.05, 3.63) is 59.7 Å². The molecule has 0 radical (unpaired) electrons. The average molecular weight is 381 g/mol. The van der Waals surface area contributed by atoms with Gasteiger partial charge in [-0.25, -0.2) is 4.79 Å². The Kier molecular flexibility index (Phi) is 4.81. The summed E-state index contributed by atoms with van der Waals surface area (Å²) in [6, 6.07) is 16.2. The van der Waals surface area contributed by atoms with Crippen LogP contribution in [0, 0.1) is 0 Å². The highest BCUT2D eigenvalue weighted by Gasteiger charge is 2.42. The molecule has 146 valence electrons. The van der Waals surface area contributed by atoms with Crippen LogP contribution in [0.25, 0.3) is 11.1 Å².